The minimum absolute atomic E-state index is 0.190. The zero-order valence-corrected chi connectivity index (χ0v) is 22.3. The van der Waals surface area contributed by atoms with Crippen LogP contribution in [0.4, 0.5) is 4.39 Å². The highest BCUT2D eigenvalue weighted by molar-refractivity contribution is 5.74. The predicted molar refractivity (Wildman–Crippen MR) is 148 cm³/mol. The van der Waals surface area contributed by atoms with Crippen LogP contribution in [0, 0.1) is 5.82 Å². The third kappa shape index (κ3) is 5.52. The lowest BCUT2D eigenvalue weighted by molar-refractivity contribution is -0.0364. The second-order valence-corrected chi connectivity index (χ2v) is 11.3. The van der Waals surface area contributed by atoms with Gasteiger partial charge >= 0.3 is 0 Å². The van der Waals surface area contributed by atoms with Crippen molar-refractivity contribution in [2.75, 3.05) is 33.2 Å². The Hall–Kier alpha value is -3.40. The van der Waals surface area contributed by atoms with Crippen molar-refractivity contribution in [1.82, 2.24) is 29.1 Å². The minimum atomic E-state index is -0.972. The van der Waals surface area contributed by atoms with Gasteiger partial charge in [-0.2, -0.15) is 5.10 Å². The summed E-state index contributed by atoms with van der Waals surface area (Å²) in [5, 5.41) is 16.0. The summed E-state index contributed by atoms with van der Waals surface area (Å²) in [7, 11) is 2.19. The fourth-order valence-electron chi connectivity index (χ4n) is 5.93. The number of hydrogen-bond acceptors (Lipinski definition) is 6. The van der Waals surface area contributed by atoms with Crippen LogP contribution in [0.3, 0.4) is 0 Å². The molecule has 0 aliphatic carbocycles. The van der Waals surface area contributed by atoms with Crippen LogP contribution < -0.4 is 5.56 Å². The maximum Gasteiger partial charge on any atom is 0.264 e. The SMILES string of the molecule is CN1CCC(c2ccc(CN3CCC(O)(Cn4cnc5c(cnn5-c5ccc(F)cc5)c4=O)CC3)cc2)CC1. The second kappa shape index (κ2) is 10.6. The van der Waals surface area contributed by atoms with Crippen LogP contribution in [0.5, 0.6) is 0 Å². The normalized spacial score (nSPS) is 19.1. The number of hydrogen-bond donors (Lipinski definition) is 1. The van der Waals surface area contributed by atoms with E-state index in [1.54, 1.807) is 12.1 Å². The lowest BCUT2D eigenvalue weighted by Crippen LogP contribution is -2.47. The quantitative estimate of drug-likeness (QED) is 0.411. The number of aromatic nitrogens is 4. The fraction of sp³-hybridized carbons (Fsp3) is 0.433. The first-order valence-corrected chi connectivity index (χ1v) is 13.8. The fourth-order valence-corrected chi connectivity index (χ4v) is 5.93. The summed E-state index contributed by atoms with van der Waals surface area (Å²) in [6.07, 6.45) is 6.57. The third-order valence-electron chi connectivity index (χ3n) is 8.45. The summed E-state index contributed by atoms with van der Waals surface area (Å²) in [6, 6.07) is 15.0. The molecular weight excluding hydrogens is 495 g/mol. The van der Waals surface area contributed by atoms with E-state index < -0.39 is 5.60 Å². The monoisotopic (exact) mass is 530 g/mol. The van der Waals surface area contributed by atoms with E-state index in [4.69, 9.17) is 0 Å². The number of halogens is 1. The molecule has 0 amide bonds. The van der Waals surface area contributed by atoms with Gasteiger partial charge in [-0.25, -0.2) is 14.1 Å². The van der Waals surface area contributed by atoms with E-state index in [9.17, 15) is 14.3 Å². The molecule has 204 valence electrons. The molecule has 4 heterocycles. The molecule has 2 aliphatic rings. The Bertz CT molecular complexity index is 1480. The molecule has 6 rings (SSSR count). The molecule has 2 aliphatic heterocycles. The van der Waals surface area contributed by atoms with Gasteiger partial charge in [-0.1, -0.05) is 24.3 Å². The average Bonchev–Trinajstić information content (AvgIpc) is 3.38. The molecular formula is C30H35FN6O2. The Balaban J connectivity index is 1.08. The van der Waals surface area contributed by atoms with Crippen LogP contribution in [0.1, 0.15) is 42.7 Å². The van der Waals surface area contributed by atoms with Gasteiger partial charge in [-0.05, 0) is 87.1 Å². The van der Waals surface area contributed by atoms with E-state index in [2.05, 4.69) is 51.2 Å². The number of benzene rings is 2. The molecule has 4 aromatic rings. The van der Waals surface area contributed by atoms with Crippen LogP contribution in [-0.2, 0) is 13.1 Å². The molecule has 0 atom stereocenters. The van der Waals surface area contributed by atoms with E-state index >= 15 is 0 Å². The largest absolute Gasteiger partial charge is 0.388 e. The van der Waals surface area contributed by atoms with E-state index in [0.717, 1.165) is 19.6 Å². The van der Waals surface area contributed by atoms with Crippen LogP contribution in [-0.4, -0.2) is 73.1 Å². The van der Waals surface area contributed by atoms with Crippen molar-refractivity contribution in [2.24, 2.45) is 0 Å². The predicted octanol–water partition coefficient (Wildman–Crippen LogP) is 3.56. The summed E-state index contributed by atoms with van der Waals surface area (Å²) in [4.78, 5) is 22.4. The van der Waals surface area contributed by atoms with Crippen molar-refractivity contribution in [2.45, 2.75) is 50.3 Å². The van der Waals surface area contributed by atoms with E-state index in [1.807, 2.05) is 0 Å². The molecule has 39 heavy (non-hydrogen) atoms. The van der Waals surface area contributed by atoms with Crippen molar-refractivity contribution < 1.29 is 9.50 Å². The first kappa shape index (κ1) is 25.9. The van der Waals surface area contributed by atoms with Crippen molar-refractivity contribution in [3.63, 3.8) is 0 Å². The zero-order chi connectivity index (χ0) is 27.0. The molecule has 2 saturated heterocycles. The van der Waals surface area contributed by atoms with Crippen LogP contribution in [0.2, 0.25) is 0 Å². The molecule has 2 aromatic heterocycles. The number of fused-ring (bicyclic) bond motifs is 1. The number of piperidine rings is 2. The Morgan fingerprint density at radius 1 is 1.00 bits per heavy atom. The Morgan fingerprint density at radius 3 is 2.38 bits per heavy atom. The van der Waals surface area contributed by atoms with Crippen molar-refractivity contribution >= 4 is 11.0 Å². The maximum atomic E-state index is 13.3. The molecule has 8 nitrogen and oxygen atoms in total. The first-order valence-electron chi connectivity index (χ1n) is 13.8. The Kier molecular flexibility index (Phi) is 7.05. The van der Waals surface area contributed by atoms with Crippen LogP contribution in [0.25, 0.3) is 16.7 Å². The molecule has 0 saturated carbocycles. The molecule has 2 fully saturated rings. The van der Waals surface area contributed by atoms with Gasteiger partial charge in [0.05, 0.1) is 24.0 Å². The third-order valence-corrected chi connectivity index (χ3v) is 8.45. The number of nitrogens with zero attached hydrogens (tertiary/aromatic N) is 6. The molecule has 0 unspecified atom stereocenters. The van der Waals surface area contributed by atoms with Crippen molar-refractivity contribution in [3.8, 4) is 5.69 Å². The van der Waals surface area contributed by atoms with E-state index in [1.165, 1.54) is 71.0 Å². The van der Waals surface area contributed by atoms with Gasteiger partial charge in [0.25, 0.3) is 5.56 Å². The standard InChI is InChI=1S/C30H35FN6O2/c1-34-14-10-24(11-15-34)23-4-2-22(3-5-23)19-35-16-12-30(39,13-17-35)20-36-21-32-28-27(29(36)38)18-33-37(28)26-8-6-25(31)7-9-26/h2-9,18,21,24,39H,10-17,19-20H2,1H3. The summed E-state index contributed by atoms with van der Waals surface area (Å²) in [6.45, 7) is 4.91. The summed E-state index contributed by atoms with van der Waals surface area (Å²) < 4.78 is 16.3. The summed E-state index contributed by atoms with van der Waals surface area (Å²) in [5.41, 5.74) is 2.56. The smallest absolute Gasteiger partial charge is 0.264 e. The van der Waals surface area contributed by atoms with Crippen molar-refractivity contribution in [1.29, 1.82) is 0 Å². The molecule has 0 radical (unpaired) electrons. The summed E-state index contributed by atoms with van der Waals surface area (Å²) in [5.74, 6) is 0.320. The molecule has 0 bridgehead atoms. The lowest BCUT2D eigenvalue weighted by Gasteiger charge is -2.38. The zero-order valence-electron chi connectivity index (χ0n) is 22.3. The highest BCUT2D eigenvalue weighted by Gasteiger charge is 2.33. The van der Waals surface area contributed by atoms with Crippen LogP contribution >= 0.6 is 0 Å². The van der Waals surface area contributed by atoms with Gasteiger partial charge < -0.3 is 10.0 Å². The van der Waals surface area contributed by atoms with Crippen molar-refractivity contribution in [3.05, 3.63) is 88.4 Å². The Morgan fingerprint density at radius 2 is 1.69 bits per heavy atom. The van der Waals surface area contributed by atoms with E-state index in [-0.39, 0.29) is 17.9 Å². The summed E-state index contributed by atoms with van der Waals surface area (Å²) >= 11 is 0. The highest BCUT2D eigenvalue weighted by atomic mass is 19.1. The molecule has 9 heteroatoms. The average molecular weight is 531 g/mol. The molecule has 1 N–H and O–H groups in total. The van der Waals surface area contributed by atoms with Gasteiger partial charge in [0.1, 0.15) is 17.5 Å². The minimum Gasteiger partial charge on any atom is -0.388 e. The van der Waals surface area contributed by atoms with Gasteiger partial charge in [0.2, 0.25) is 0 Å². The number of rotatable bonds is 6. The second-order valence-electron chi connectivity index (χ2n) is 11.3. The highest BCUT2D eigenvalue weighted by Crippen LogP contribution is 2.29. The molecule has 2 aromatic carbocycles. The van der Waals surface area contributed by atoms with Crippen LogP contribution in [0.15, 0.2) is 65.8 Å². The Labute approximate surface area is 227 Å². The number of likely N-dealkylation sites (tertiary alicyclic amines) is 2. The lowest BCUT2D eigenvalue weighted by atomic mass is 9.89. The topological polar surface area (TPSA) is 79.4 Å². The van der Waals surface area contributed by atoms with Gasteiger partial charge in [-0.15, -0.1) is 0 Å². The number of aliphatic hydroxyl groups is 1. The van der Waals surface area contributed by atoms with Gasteiger partial charge in [0, 0.05) is 19.6 Å². The van der Waals surface area contributed by atoms with Gasteiger partial charge in [-0.3, -0.25) is 14.3 Å². The van der Waals surface area contributed by atoms with E-state index in [0.29, 0.717) is 35.5 Å². The van der Waals surface area contributed by atoms with Gasteiger partial charge in [0.15, 0.2) is 5.65 Å². The molecule has 0 spiro atoms. The first-order chi connectivity index (χ1) is 18.9. The maximum absolute atomic E-state index is 13.3.